The number of aromatic nitrogens is 1. The van der Waals surface area contributed by atoms with Crippen LogP contribution in [0.1, 0.15) is 20.2 Å². The highest BCUT2D eigenvalue weighted by Gasteiger charge is 2.08. The van der Waals surface area contributed by atoms with Crippen molar-refractivity contribution in [3.63, 3.8) is 0 Å². The molecule has 5 N–H and O–H groups in total. The Kier molecular flexibility index (Phi) is 3.47. The van der Waals surface area contributed by atoms with Crippen molar-refractivity contribution in [2.24, 2.45) is 5.73 Å². The summed E-state index contributed by atoms with van der Waals surface area (Å²) in [4.78, 5) is 16.7. The van der Waals surface area contributed by atoms with Gasteiger partial charge in [0, 0.05) is 22.4 Å². The number of aryl methyl sites for hydroxylation is 1. The van der Waals surface area contributed by atoms with E-state index < -0.39 is 5.91 Å². The third-order valence-corrected chi connectivity index (χ3v) is 3.32. The molecule has 5 nitrogen and oxygen atoms in total. The molecule has 0 atom stereocenters. The fourth-order valence-corrected chi connectivity index (χ4v) is 2.30. The molecule has 1 aromatic heterocycles. The molecule has 2 rings (SSSR count). The zero-order valence-corrected chi connectivity index (χ0v) is 10.8. The van der Waals surface area contributed by atoms with Crippen LogP contribution in [0.3, 0.4) is 0 Å². The molecule has 1 amide bonds. The molecule has 1 aromatic carbocycles. The largest absolute Gasteiger partial charge is 0.399 e. The number of nitrogens with zero attached hydrogens (tertiary/aromatic N) is 1. The monoisotopic (exact) mass is 262 g/mol. The fraction of sp³-hybridized carbons (Fsp3) is 0.167. The van der Waals surface area contributed by atoms with Gasteiger partial charge < -0.3 is 16.8 Å². The van der Waals surface area contributed by atoms with E-state index in [-0.39, 0.29) is 0 Å². The summed E-state index contributed by atoms with van der Waals surface area (Å²) in [6, 6.07) is 4.96. The Morgan fingerprint density at radius 2 is 2.28 bits per heavy atom. The molecule has 0 fully saturated rings. The van der Waals surface area contributed by atoms with Gasteiger partial charge in [-0.2, -0.15) is 0 Å². The van der Waals surface area contributed by atoms with E-state index in [0.717, 1.165) is 9.88 Å². The first-order chi connectivity index (χ1) is 8.56. The molecule has 18 heavy (non-hydrogen) atoms. The van der Waals surface area contributed by atoms with Crippen molar-refractivity contribution in [1.82, 2.24) is 4.98 Å². The van der Waals surface area contributed by atoms with Crippen LogP contribution in [0.15, 0.2) is 24.4 Å². The molecule has 0 aliphatic heterocycles. The molecular weight excluding hydrogens is 248 g/mol. The number of thiazole rings is 1. The van der Waals surface area contributed by atoms with Crippen LogP contribution < -0.4 is 16.8 Å². The molecule has 1 heterocycles. The molecule has 0 bridgehead atoms. The molecule has 0 saturated heterocycles. The van der Waals surface area contributed by atoms with Crippen LogP contribution in [0.2, 0.25) is 0 Å². The minimum Gasteiger partial charge on any atom is -0.399 e. The number of primary amides is 1. The quantitative estimate of drug-likeness (QED) is 0.731. The highest BCUT2D eigenvalue weighted by Crippen LogP contribution is 2.20. The van der Waals surface area contributed by atoms with Crippen LogP contribution in [-0.2, 0) is 6.54 Å². The highest BCUT2D eigenvalue weighted by atomic mass is 32.1. The topological polar surface area (TPSA) is 94.0 Å². The molecule has 0 aliphatic rings. The predicted octanol–water partition coefficient (Wildman–Crippen LogP) is 1.74. The van der Waals surface area contributed by atoms with E-state index in [4.69, 9.17) is 11.5 Å². The minimum atomic E-state index is -0.479. The van der Waals surface area contributed by atoms with E-state index in [2.05, 4.69) is 10.3 Å². The Bertz CT molecular complexity index is 579. The third-order valence-electron chi connectivity index (χ3n) is 2.41. The van der Waals surface area contributed by atoms with Crippen LogP contribution in [0.4, 0.5) is 11.4 Å². The Labute approximate surface area is 109 Å². The number of hydrogen-bond acceptors (Lipinski definition) is 5. The normalized spacial score (nSPS) is 10.3. The number of rotatable bonds is 4. The molecule has 0 radical (unpaired) electrons. The molecule has 0 unspecified atom stereocenters. The lowest BCUT2D eigenvalue weighted by atomic mass is 10.1. The third kappa shape index (κ3) is 2.78. The first kappa shape index (κ1) is 12.4. The molecule has 94 valence electrons. The van der Waals surface area contributed by atoms with Gasteiger partial charge in [0.25, 0.3) is 5.91 Å². The number of amides is 1. The van der Waals surface area contributed by atoms with E-state index in [0.29, 0.717) is 23.5 Å². The first-order valence-electron chi connectivity index (χ1n) is 5.41. The maximum absolute atomic E-state index is 11.3. The zero-order chi connectivity index (χ0) is 13.1. The lowest BCUT2D eigenvalue weighted by Gasteiger charge is -2.09. The minimum absolute atomic E-state index is 0.428. The lowest BCUT2D eigenvalue weighted by Crippen LogP contribution is -2.14. The second kappa shape index (κ2) is 5.05. The summed E-state index contributed by atoms with van der Waals surface area (Å²) in [5.41, 5.74) is 12.6. The number of carbonyl (C=O) groups is 1. The van der Waals surface area contributed by atoms with Crippen molar-refractivity contribution in [3.05, 3.63) is 39.8 Å². The van der Waals surface area contributed by atoms with Gasteiger partial charge in [-0.25, -0.2) is 4.98 Å². The van der Waals surface area contributed by atoms with E-state index in [1.165, 1.54) is 0 Å². The number of carbonyl (C=O) groups excluding carboxylic acids is 1. The summed E-state index contributed by atoms with van der Waals surface area (Å²) in [6.07, 6.45) is 1.82. The SMILES string of the molecule is Cc1cnc(CNc2cc(N)ccc2C(N)=O)s1. The van der Waals surface area contributed by atoms with Crippen LogP contribution in [0.5, 0.6) is 0 Å². The van der Waals surface area contributed by atoms with Gasteiger partial charge >= 0.3 is 0 Å². The van der Waals surface area contributed by atoms with Crippen LogP contribution in [0.25, 0.3) is 0 Å². The summed E-state index contributed by atoms with van der Waals surface area (Å²) >= 11 is 1.60. The van der Waals surface area contributed by atoms with E-state index >= 15 is 0 Å². The summed E-state index contributed by atoms with van der Waals surface area (Å²) in [5, 5.41) is 4.08. The Balaban J connectivity index is 2.17. The maximum Gasteiger partial charge on any atom is 0.250 e. The van der Waals surface area contributed by atoms with Crippen molar-refractivity contribution >= 4 is 28.6 Å². The second-order valence-electron chi connectivity index (χ2n) is 3.89. The smallest absolute Gasteiger partial charge is 0.250 e. The van der Waals surface area contributed by atoms with Gasteiger partial charge in [-0.3, -0.25) is 4.79 Å². The van der Waals surface area contributed by atoms with Gasteiger partial charge in [-0.1, -0.05) is 0 Å². The van der Waals surface area contributed by atoms with Gasteiger partial charge in [-0.05, 0) is 25.1 Å². The molecule has 0 spiro atoms. The second-order valence-corrected chi connectivity index (χ2v) is 5.21. The standard InChI is InChI=1S/C12H14N4OS/c1-7-5-16-11(18-7)6-15-10-4-8(13)2-3-9(10)12(14)17/h2-5,15H,6,13H2,1H3,(H2,14,17). The van der Waals surface area contributed by atoms with E-state index in [9.17, 15) is 4.79 Å². The highest BCUT2D eigenvalue weighted by molar-refractivity contribution is 7.11. The summed E-state index contributed by atoms with van der Waals surface area (Å²) in [7, 11) is 0. The summed E-state index contributed by atoms with van der Waals surface area (Å²) in [6.45, 7) is 2.54. The molecule has 0 aliphatic carbocycles. The van der Waals surface area contributed by atoms with Gasteiger partial charge in [-0.15, -0.1) is 11.3 Å². The maximum atomic E-state index is 11.3. The fourth-order valence-electron chi connectivity index (χ4n) is 1.58. The zero-order valence-electron chi connectivity index (χ0n) is 9.93. The first-order valence-corrected chi connectivity index (χ1v) is 6.22. The van der Waals surface area contributed by atoms with Gasteiger partial charge in [0.05, 0.1) is 12.1 Å². The van der Waals surface area contributed by atoms with E-state index in [1.807, 2.05) is 13.1 Å². The van der Waals surface area contributed by atoms with Crippen molar-refractivity contribution in [2.45, 2.75) is 13.5 Å². The van der Waals surface area contributed by atoms with Crippen molar-refractivity contribution in [2.75, 3.05) is 11.1 Å². The Morgan fingerprint density at radius 3 is 2.89 bits per heavy atom. The predicted molar refractivity (Wildman–Crippen MR) is 73.6 cm³/mol. The van der Waals surface area contributed by atoms with Gasteiger partial charge in [0.2, 0.25) is 0 Å². The molecular formula is C12H14N4OS. The molecule has 0 saturated carbocycles. The van der Waals surface area contributed by atoms with Crippen LogP contribution in [0, 0.1) is 6.92 Å². The molecule has 6 heteroatoms. The number of nitrogens with two attached hydrogens (primary N) is 2. The average molecular weight is 262 g/mol. The lowest BCUT2D eigenvalue weighted by molar-refractivity contribution is 0.100. The summed E-state index contributed by atoms with van der Waals surface area (Å²) < 4.78 is 0. The number of nitrogens with one attached hydrogen (secondary N) is 1. The Morgan fingerprint density at radius 1 is 1.50 bits per heavy atom. The van der Waals surface area contributed by atoms with Crippen molar-refractivity contribution in [1.29, 1.82) is 0 Å². The van der Waals surface area contributed by atoms with Crippen molar-refractivity contribution in [3.8, 4) is 0 Å². The summed E-state index contributed by atoms with van der Waals surface area (Å²) in [5.74, 6) is -0.479. The van der Waals surface area contributed by atoms with Crippen molar-refractivity contribution < 1.29 is 4.79 Å². The van der Waals surface area contributed by atoms with E-state index in [1.54, 1.807) is 29.5 Å². The van der Waals surface area contributed by atoms with Crippen LogP contribution >= 0.6 is 11.3 Å². The van der Waals surface area contributed by atoms with Gasteiger partial charge in [0.15, 0.2) is 0 Å². The number of benzene rings is 1. The number of anilines is 2. The Hall–Kier alpha value is -2.08. The average Bonchev–Trinajstić information content (AvgIpc) is 2.72. The van der Waals surface area contributed by atoms with Gasteiger partial charge in [0.1, 0.15) is 5.01 Å². The number of hydrogen-bond donors (Lipinski definition) is 3. The van der Waals surface area contributed by atoms with Crippen LogP contribution in [-0.4, -0.2) is 10.9 Å². The molecule has 2 aromatic rings. The number of nitrogen functional groups attached to an aromatic ring is 1.